The molecule has 2 aliphatic rings. The SMILES string of the molecule is COC1CCC(C2NCC(n3nc(-c4ccc(Cl)cc4)cc3C)=C2O)CC1. The molecule has 0 spiro atoms. The van der Waals surface area contributed by atoms with Crippen LogP contribution in [0.25, 0.3) is 17.0 Å². The van der Waals surface area contributed by atoms with E-state index in [0.29, 0.717) is 29.3 Å². The predicted molar refractivity (Wildman–Crippen MR) is 108 cm³/mol. The van der Waals surface area contributed by atoms with Crippen LogP contribution in [0.4, 0.5) is 0 Å². The number of nitrogens with one attached hydrogen (secondary N) is 1. The molecule has 1 saturated carbocycles. The zero-order valence-corrected chi connectivity index (χ0v) is 16.5. The van der Waals surface area contributed by atoms with Crippen molar-refractivity contribution in [3.05, 3.63) is 46.8 Å². The van der Waals surface area contributed by atoms with E-state index < -0.39 is 0 Å². The van der Waals surface area contributed by atoms with Crippen molar-refractivity contribution in [2.24, 2.45) is 5.92 Å². The molecule has 1 aliphatic carbocycles. The Bertz CT molecular complexity index is 836. The third-order valence-corrected chi connectivity index (χ3v) is 6.14. The molecule has 1 aromatic heterocycles. The van der Waals surface area contributed by atoms with Crippen LogP contribution >= 0.6 is 11.6 Å². The quantitative estimate of drug-likeness (QED) is 0.815. The first-order chi connectivity index (χ1) is 13.1. The minimum absolute atomic E-state index is 0.0142. The first-order valence-corrected chi connectivity index (χ1v) is 9.95. The van der Waals surface area contributed by atoms with E-state index in [1.165, 1.54) is 0 Å². The van der Waals surface area contributed by atoms with E-state index in [2.05, 4.69) is 5.32 Å². The van der Waals surface area contributed by atoms with E-state index >= 15 is 0 Å². The molecule has 2 aromatic rings. The van der Waals surface area contributed by atoms with Gasteiger partial charge in [0, 0.05) is 29.9 Å². The lowest BCUT2D eigenvalue weighted by Gasteiger charge is -2.31. The molecule has 2 N–H and O–H groups in total. The number of ether oxygens (including phenoxy) is 1. The van der Waals surface area contributed by atoms with Crippen LogP contribution in [-0.2, 0) is 4.74 Å². The second kappa shape index (κ2) is 7.66. The van der Waals surface area contributed by atoms with Crippen LogP contribution < -0.4 is 5.32 Å². The zero-order chi connectivity index (χ0) is 19.0. The van der Waals surface area contributed by atoms with Crippen LogP contribution in [0.15, 0.2) is 36.1 Å². The second-order valence-corrected chi connectivity index (χ2v) is 7.99. The number of aliphatic hydroxyl groups is 1. The van der Waals surface area contributed by atoms with E-state index in [1.807, 2.05) is 41.9 Å². The van der Waals surface area contributed by atoms with Crippen LogP contribution in [0.2, 0.25) is 5.02 Å². The van der Waals surface area contributed by atoms with E-state index in [1.54, 1.807) is 7.11 Å². The predicted octanol–water partition coefficient (Wildman–Crippen LogP) is 4.42. The van der Waals surface area contributed by atoms with Gasteiger partial charge in [0.15, 0.2) is 0 Å². The number of hydrogen-bond acceptors (Lipinski definition) is 4. The first kappa shape index (κ1) is 18.5. The standard InChI is InChI=1S/C21H26ClN3O2/c1-13-11-18(14-3-7-16(22)8-4-14)24-25(13)19-12-23-20(21(19)26)15-5-9-17(27-2)10-6-15/h3-4,7-8,11,15,17,20,23,26H,5-6,9-10,12H2,1-2H3. The van der Waals surface area contributed by atoms with Crippen molar-refractivity contribution in [2.45, 2.75) is 44.8 Å². The van der Waals surface area contributed by atoms with Gasteiger partial charge < -0.3 is 15.2 Å². The van der Waals surface area contributed by atoms with Gasteiger partial charge in [-0.05, 0) is 56.7 Å². The maximum absolute atomic E-state index is 10.9. The highest BCUT2D eigenvalue weighted by Crippen LogP contribution is 2.34. The summed E-state index contributed by atoms with van der Waals surface area (Å²) in [7, 11) is 1.78. The number of rotatable bonds is 4. The Labute approximate surface area is 165 Å². The van der Waals surface area contributed by atoms with E-state index in [4.69, 9.17) is 21.4 Å². The molecule has 0 radical (unpaired) electrons. The van der Waals surface area contributed by atoms with Crippen molar-refractivity contribution < 1.29 is 9.84 Å². The van der Waals surface area contributed by atoms with Gasteiger partial charge in [-0.15, -0.1) is 0 Å². The summed E-state index contributed by atoms with van der Waals surface area (Å²) >= 11 is 5.98. The number of methoxy groups -OCH3 is 1. The van der Waals surface area contributed by atoms with Gasteiger partial charge in [-0.25, -0.2) is 4.68 Å². The molecular formula is C21H26ClN3O2. The van der Waals surface area contributed by atoms with Gasteiger partial charge >= 0.3 is 0 Å². The van der Waals surface area contributed by atoms with Crippen LogP contribution in [0.3, 0.4) is 0 Å². The zero-order valence-electron chi connectivity index (χ0n) is 15.8. The molecule has 0 amide bonds. The van der Waals surface area contributed by atoms with Crippen molar-refractivity contribution in [1.82, 2.24) is 15.1 Å². The third kappa shape index (κ3) is 3.64. The first-order valence-electron chi connectivity index (χ1n) is 9.58. The monoisotopic (exact) mass is 387 g/mol. The maximum atomic E-state index is 10.9. The fourth-order valence-electron chi connectivity index (χ4n) is 4.31. The van der Waals surface area contributed by atoms with Gasteiger partial charge in [-0.1, -0.05) is 23.7 Å². The van der Waals surface area contributed by atoms with Crippen molar-refractivity contribution in [1.29, 1.82) is 0 Å². The Balaban J connectivity index is 1.56. The molecule has 2 heterocycles. The van der Waals surface area contributed by atoms with Crippen LogP contribution in [0.1, 0.15) is 31.4 Å². The van der Waals surface area contributed by atoms with Crippen molar-refractivity contribution >= 4 is 17.3 Å². The molecule has 0 bridgehead atoms. The van der Waals surface area contributed by atoms with E-state index in [0.717, 1.165) is 48.3 Å². The Morgan fingerprint density at radius 1 is 1.19 bits per heavy atom. The summed E-state index contributed by atoms with van der Waals surface area (Å²) in [4.78, 5) is 0. The number of aliphatic hydroxyl groups excluding tert-OH is 1. The lowest BCUT2D eigenvalue weighted by atomic mass is 9.82. The third-order valence-electron chi connectivity index (χ3n) is 5.89. The summed E-state index contributed by atoms with van der Waals surface area (Å²) in [6, 6.07) is 9.72. The van der Waals surface area contributed by atoms with Crippen molar-refractivity contribution in [2.75, 3.05) is 13.7 Å². The fourth-order valence-corrected chi connectivity index (χ4v) is 4.44. The molecule has 1 fully saturated rings. The maximum Gasteiger partial charge on any atom is 0.132 e. The highest BCUT2D eigenvalue weighted by molar-refractivity contribution is 6.30. The van der Waals surface area contributed by atoms with Gasteiger partial charge in [0.2, 0.25) is 0 Å². The van der Waals surface area contributed by atoms with Gasteiger partial charge in [-0.2, -0.15) is 5.10 Å². The highest BCUT2D eigenvalue weighted by Gasteiger charge is 2.35. The average Bonchev–Trinajstić information content (AvgIpc) is 3.25. The molecule has 5 nitrogen and oxygen atoms in total. The van der Waals surface area contributed by atoms with Crippen LogP contribution in [0, 0.1) is 12.8 Å². The van der Waals surface area contributed by atoms with Gasteiger partial charge in [0.05, 0.1) is 23.5 Å². The summed E-state index contributed by atoms with van der Waals surface area (Å²) < 4.78 is 7.34. The molecule has 27 heavy (non-hydrogen) atoms. The lowest BCUT2D eigenvalue weighted by Crippen LogP contribution is -2.36. The Kier molecular flexibility index (Phi) is 5.26. The van der Waals surface area contributed by atoms with Gasteiger partial charge in [-0.3, -0.25) is 0 Å². The molecule has 1 unspecified atom stereocenters. The van der Waals surface area contributed by atoms with Crippen LogP contribution in [0.5, 0.6) is 0 Å². The molecule has 1 aliphatic heterocycles. The fraction of sp³-hybridized carbons (Fsp3) is 0.476. The van der Waals surface area contributed by atoms with Crippen LogP contribution in [-0.4, -0.2) is 40.7 Å². The molecule has 4 rings (SSSR count). The Morgan fingerprint density at radius 2 is 1.89 bits per heavy atom. The summed E-state index contributed by atoms with van der Waals surface area (Å²) in [5.41, 5.74) is 3.76. The second-order valence-electron chi connectivity index (χ2n) is 7.55. The Morgan fingerprint density at radius 3 is 2.56 bits per heavy atom. The minimum atomic E-state index is 0.0142. The van der Waals surface area contributed by atoms with Crippen molar-refractivity contribution in [3.8, 4) is 11.3 Å². The summed E-state index contributed by atoms with van der Waals surface area (Å²) in [5, 5.41) is 19.9. The number of halogens is 1. The number of nitrogens with zero attached hydrogens (tertiary/aromatic N) is 2. The minimum Gasteiger partial charge on any atom is -0.509 e. The summed E-state index contributed by atoms with van der Waals surface area (Å²) in [6.45, 7) is 2.65. The molecular weight excluding hydrogens is 362 g/mol. The molecule has 1 aromatic carbocycles. The van der Waals surface area contributed by atoms with Gasteiger partial charge in [0.1, 0.15) is 5.76 Å². The normalized spacial score (nSPS) is 26.0. The number of aryl methyl sites for hydroxylation is 1. The lowest BCUT2D eigenvalue weighted by molar-refractivity contribution is 0.0510. The summed E-state index contributed by atoms with van der Waals surface area (Å²) in [5.74, 6) is 0.880. The smallest absolute Gasteiger partial charge is 0.132 e. The molecule has 1 atom stereocenters. The van der Waals surface area contributed by atoms with Crippen molar-refractivity contribution in [3.63, 3.8) is 0 Å². The van der Waals surface area contributed by atoms with E-state index in [-0.39, 0.29) is 6.04 Å². The average molecular weight is 388 g/mol. The van der Waals surface area contributed by atoms with Gasteiger partial charge in [0.25, 0.3) is 0 Å². The molecule has 6 heteroatoms. The highest BCUT2D eigenvalue weighted by atomic mass is 35.5. The largest absolute Gasteiger partial charge is 0.509 e. The number of aromatic nitrogens is 2. The summed E-state index contributed by atoms with van der Waals surface area (Å²) in [6.07, 6.45) is 4.62. The number of benzene rings is 1. The topological polar surface area (TPSA) is 59.3 Å². The number of hydrogen-bond donors (Lipinski definition) is 2. The van der Waals surface area contributed by atoms with E-state index in [9.17, 15) is 5.11 Å². The Hall–Kier alpha value is -1.82. The molecule has 0 saturated heterocycles. The molecule has 144 valence electrons.